The maximum absolute atomic E-state index is 12.0. The minimum absolute atomic E-state index is 0.0119. The molecule has 0 aliphatic heterocycles. The summed E-state index contributed by atoms with van der Waals surface area (Å²) >= 11 is 1.32. The zero-order valence-corrected chi connectivity index (χ0v) is 13.2. The van der Waals surface area contributed by atoms with E-state index in [1.54, 1.807) is 18.2 Å². The summed E-state index contributed by atoms with van der Waals surface area (Å²) in [6.07, 6.45) is 3.29. The van der Waals surface area contributed by atoms with E-state index in [1.807, 2.05) is 6.92 Å². The SMILES string of the molecule is CCCCCNC(=O)C(C)Sc1nc2cc(N)ccc2o1. The van der Waals surface area contributed by atoms with Gasteiger partial charge in [-0.05, 0) is 31.5 Å². The second kappa shape index (κ2) is 7.36. The summed E-state index contributed by atoms with van der Waals surface area (Å²) in [6, 6.07) is 5.32. The van der Waals surface area contributed by atoms with Crippen LogP contribution in [0, 0.1) is 0 Å². The van der Waals surface area contributed by atoms with E-state index < -0.39 is 0 Å². The molecule has 6 heteroatoms. The average molecular weight is 307 g/mol. The Hall–Kier alpha value is -1.69. The Labute approximate surface area is 128 Å². The number of carbonyl (C=O) groups is 1. The van der Waals surface area contributed by atoms with Crippen molar-refractivity contribution in [1.82, 2.24) is 10.3 Å². The van der Waals surface area contributed by atoms with Gasteiger partial charge in [0.1, 0.15) is 5.52 Å². The van der Waals surface area contributed by atoms with Crippen LogP contribution in [0.1, 0.15) is 33.1 Å². The van der Waals surface area contributed by atoms with E-state index in [0.717, 1.165) is 25.8 Å². The second-order valence-electron chi connectivity index (χ2n) is 4.97. The van der Waals surface area contributed by atoms with Crippen LogP contribution in [0.25, 0.3) is 11.1 Å². The lowest BCUT2D eigenvalue weighted by atomic mass is 10.2. The number of nitrogens with one attached hydrogen (secondary N) is 1. The molecule has 0 aliphatic rings. The molecule has 0 radical (unpaired) electrons. The smallest absolute Gasteiger partial charge is 0.257 e. The number of hydrogen-bond donors (Lipinski definition) is 2. The first kappa shape index (κ1) is 15.7. The summed E-state index contributed by atoms with van der Waals surface area (Å²) in [6.45, 7) is 4.71. The zero-order valence-electron chi connectivity index (χ0n) is 12.4. The third-order valence-corrected chi connectivity index (χ3v) is 4.06. The Kier molecular flexibility index (Phi) is 5.50. The normalized spacial score (nSPS) is 12.5. The topological polar surface area (TPSA) is 81.2 Å². The number of anilines is 1. The summed E-state index contributed by atoms with van der Waals surface area (Å²) < 4.78 is 5.60. The lowest BCUT2D eigenvalue weighted by molar-refractivity contribution is -0.120. The largest absolute Gasteiger partial charge is 0.431 e. The van der Waals surface area contributed by atoms with Gasteiger partial charge in [0.05, 0.1) is 5.25 Å². The number of aromatic nitrogens is 1. The van der Waals surface area contributed by atoms with E-state index in [2.05, 4.69) is 17.2 Å². The van der Waals surface area contributed by atoms with E-state index in [4.69, 9.17) is 10.2 Å². The van der Waals surface area contributed by atoms with Crippen molar-refractivity contribution in [2.45, 2.75) is 43.6 Å². The molecule has 1 aromatic carbocycles. The number of rotatable bonds is 7. The van der Waals surface area contributed by atoms with Crippen molar-refractivity contribution in [2.75, 3.05) is 12.3 Å². The molecule has 1 aromatic heterocycles. The van der Waals surface area contributed by atoms with Crippen LogP contribution in [0.5, 0.6) is 0 Å². The van der Waals surface area contributed by atoms with E-state index in [9.17, 15) is 4.79 Å². The molecule has 0 spiro atoms. The van der Waals surface area contributed by atoms with Gasteiger partial charge in [0.25, 0.3) is 5.22 Å². The number of amides is 1. The number of benzene rings is 1. The molecule has 0 saturated heterocycles. The molecule has 0 bridgehead atoms. The van der Waals surface area contributed by atoms with Crippen LogP contribution in [-0.4, -0.2) is 22.7 Å². The minimum Gasteiger partial charge on any atom is -0.431 e. The lowest BCUT2D eigenvalue weighted by Gasteiger charge is -2.09. The fraction of sp³-hybridized carbons (Fsp3) is 0.467. The number of fused-ring (bicyclic) bond motifs is 1. The number of nitrogen functional groups attached to an aromatic ring is 1. The van der Waals surface area contributed by atoms with Gasteiger partial charge < -0.3 is 15.5 Å². The van der Waals surface area contributed by atoms with Gasteiger partial charge in [-0.25, -0.2) is 4.98 Å². The standard InChI is InChI=1S/C15H21N3O2S/c1-3-4-5-8-17-14(19)10(2)21-15-18-12-9-11(16)6-7-13(12)20-15/h6-7,9-10H,3-5,8,16H2,1-2H3,(H,17,19). The van der Waals surface area contributed by atoms with Crippen molar-refractivity contribution < 1.29 is 9.21 Å². The van der Waals surface area contributed by atoms with Gasteiger partial charge in [-0.2, -0.15) is 0 Å². The summed E-state index contributed by atoms with van der Waals surface area (Å²) in [4.78, 5) is 16.3. The van der Waals surface area contributed by atoms with Gasteiger partial charge in [-0.15, -0.1) is 0 Å². The molecule has 3 N–H and O–H groups in total. The summed E-state index contributed by atoms with van der Waals surface area (Å²) in [5.41, 5.74) is 7.76. The van der Waals surface area contributed by atoms with Crippen LogP contribution in [0.15, 0.2) is 27.8 Å². The zero-order chi connectivity index (χ0) is 15.2. The Morgan fingerprint density at radius 2 is 2.29 bits per heavy atom. The van der Waals surface area contributed by atoms with Crippen molar-refractivity contribution in [2.24, 2.45) is 0 Å². The Morgan fingerprint density at radius 3 is 3.05 bits per heavy atom. The Morgan fingerprint density at radius 1 is 1.48 bits per heavy atom. The molecule has 2 aromatic rings. The highest BCUT2D eigenvalue weighted by atomic mass is 32.2. The first-order valence-corrected chi connectivity index (χ1v) is 8.08. The molecule has 1 atom stereocenters. The molecule has 1 unspecified atom stereocenters. The summed E-state index contributed by atoms with van der Waals surface area (Å²) in [5.74, 6) is 0.0119. The molecule has 0 aliphatic carbocycles. The molecule has 1 amide bonds. The highest BCUT2D eigenvalue weighted by Gasteiger charge is 2.17. The van der Waals surface area contributed by atoms with E-state index in [0.29, 0.717) is 22.0 Å². The van der Waals surface area contributed by atoms with Crippen LogP contribution in [0.3, 0.4) is 0 Å². The van der Waals surface area contributed by atoms with Gasteiger partial charge in [0.2, 0.25) is 5.91 Å². The van der Waals surface area contributed by atoms with Gasteiger partial charge in [0.15, 0.2) is 5.58 Å². The number of hydrogen-bond acceptors (Lipinski definition) is 5. The van der Waals surface area contributed by atoms with Crippen LogP contribution < -0.4 is 11.1 Å². The lowest BCUT2D eigenvalue weighted by Crippen LogP contribution is -2.31. The first-order valence-electron chi connectivity index (χ1n) is 7.20. The summed E-state index contributed by atoms with van der Waals surface area (Å²) in [7, 11) is 0. The highest BCUT2D eigenvalue weighted by Crippen LogP contribution is 2.27. The fourth-order valence-electron chi connectivity index (χ4n) is 1.91. The molecule has 114 valence electrons. The Balaban J connectivity index is 1.91. The minimum atomic E-state index is -0.239. The van der Waals surface area contributed by atoms with E-state index >= 15 is 0 Å². The number of nitrogens with zero attached hydrogens (tertiary/aromatic N) is 1. The van der Waals surface area contributed by atoms with Gasteiger partial charge in [-0.1, -0.05) is 31.5 Å². The highest BCUT2D eigenvalue weighted by molar-refractivity contribution is 8.00. The molecule has 0 saturated carbocycles. The molecule has 1 heterocycles. The van der Waals surface area contributed by atoms with Gasteiger partial charge in [0, 0.05) is 12.2 Å². The maximum atomic E-state index is 12.0. The number of oxazole rings is 1. The monoisotopic (exact) mass is 307 g/mol. The number of nitrogens with two attached hydrogens (primary N) is 1. The second-order valence-corrected chi connectivity index (χ2v) is 6.26. The van der Waals surface area contributed by atoms with Gasteiger partial charge >= 0.3 is 0 Å². The van der Waals surface area contributed by atoms with Crippen LogP contribution in [0.4, 0.5) is 5.69 Å². The molecular formula is C15H21N3O2S. The third kappa shape index (κ3) is 4.39. The quantitative estimate of drug-likeness (QED) is 0.466. The van der Waals surface area contributed by atoms with Crippen molar-refractivity contribution in [3.63, 3.8) is 0 Å². The van der Waals surface area contributed by atoms with E-state index in [1.165, 1.54) is 11.8 Å². The fourth-order valence-corrected chi connectivity index (χ4v) is 2.69. The summed E-state index contributed by atoms with van der Waals surface area (Å²) in [5, 5.41) is 3.18. The van der Waals surface area contributed by atoms with Crippen LogP contribution >= 0.6 is 11.8 Å². The van der Waals surface area contributed by atoms with Crippen LogP contribution in [0.2, 0.25) is 0 Å². The number of thioether (sulfide) groups is 1. The molecule has 21 heavy (non-hydrogen) atoms. The van der Waals surface area contributed by atoms with Crippen molar-refractivity contribution in [3.05, 3.63) is 18.2 Å². The number of carbonyl (C=O) groups excluding carboxylic acids is 1. The first-order chi connectivity index (χ1) is 10.1. The predicted octanol–water partition coefficient (Wildman–Crippen LogP) is 3.20. The van der Waals surface area contributed by atoms with Crippen molar-refractivity contribution in [1.29, 1.82) is 0 Å². The number of unbranched alkanes of at least 4 members (excludes halogenated alkanes) is 2. The average Bonchev–Trinajstić information content (AvgIpc) is 2.84. The van der Waals surface area contributed by atoms with Gasteiger partial charge in [-0.3, -0.25) is 4.79 Å². The Bertz CT molecular complexity index is 612. The third-order valence-electron chi connectivity index (χ3n) is 3.12. The molecule has 2 rings (SSSR count). The van der Waals surface area contributed by atoms with Crippen molar-refractivity contribution >= 4 is 34.5 Å². The van der Waals surface area contributed by atoms with E-state index in [-0.39, 0.29) is 11.2 Å². The predicted molar refractivity (Wildman–Crippen MR) is 86.3 cm³/mol. The van der Waals surface area contributed by atoms with Crippen molar-refractivity contribution in [3.8, 4) is 0 Å². The maximum Gasteiger partial charge on any atom is 0.257 e. The molecule has 5 nitrogen and oxygen atoms in total. The van der Waals surface area contributed by atoms with Crippen LogP contribution in [-0.2, 0) is 4.79 Å². The molecule has 0 fully saturated rings. The molecular weight excluding hydrogens is 286 g/mol.